The molecule has 2 nitrogen and oxygen atoms in total. The summed E-state index contributed by atoms with van der Waals surface area (Å²) >= 11 is 0. The number of nitrogens with zero attached hydrogens (tertiary/aromatic N) is 2. The van der Waals surface area contributed by atoms with E-state index in [1.54, 1.807) is 6.92 Å². The summed E-state index contributed by atoms with van der Waals surface area (Å²) in [7, 11) is 1.36. The summed E-state index contributed by atoms with van der Waals surface area (Å²) in [5, 5.41) is 8.23. The highest BCUT2D eigenvalue weighted by Gasteiger charge is 2.30. The van der Waals surface area contributed by atoms with Crippen molar-refractivity contribution in [1.82, 2.24) is 4.90 Å². The average Bonchev–Trinajstić information content (AvgIpc) is 1.84. The van der Waals surface area contributed by atoms with Crippen LogP contribution in [0.25, 0.3) is 0 Å². The molecule has 0 amide bonds. The van der Waals surface area contributed by atoms with Gasteiger partial charge < -0.3 is 0 Å². The molecule has 0 aliphatic heterocycles. The van der Waals surface area contributed by atoms with Crippen molar-refractivity contribution in [2.24, 2.45) is 0 Å². The largest absolute Gasteiger partial charge is 0.401 e. The highest BCUT2D eigenvalue weighted by Crippen LogP contribution is 2.17. The number of rotatable bonds is 3. The van der Waals surface area contributed by atoms with E-state index in [1.807, 2.05) is 6.07 Å². The maximum Gasteiger partial charge on any atom is 0.401 e. The van der Waals surface area contributed by atoms with Gasteiger partial charge in [0.1, 0.15) is 0 Å². The molecule has 0 saturated carbocycles. The van der Waals surface area contributed by atoms with Gasteiger partial charge >= 0.3 is 6.18 Å². The lowest BCUT2D eigenvalue weighted by atomic mass is 10.2. The Kier molecular flexibility index (Phi) is 4.04. The molecule has 1 atom stereocenters. The topological polar surface area (TPSA) is 27.0 Å². The summed E-state index contributed by atoms with van der Waals surface area (Å²) in [6.45, 7) is 0.630. The van der Waals surface area contributed by atoms with Crippen LogP contribution in [0.5, 0.6) is 0 Å². The first kappa shape index (κ1) is 11.2. The van der Waals surface area contributed by atoms with E-state index in [-0.39, 0.29) is 12.5 Å². The molecule has 70 valence electrons. The zero-order valence-electron chi connectivity index (χ0n) is 7.02. The van der Waals surface area contributed by atoms with E-state index in [0.717, 1.165) is 4.90 Å². The third-order valence-electron chi connectivity index (χ3n) is 1.57. The Morgan fingerprint density at radius 2 is 2.00 bits per heavy atom. The van der Waals surface area contributed by atoms with Gasteiger partial charge in [0.15, 0.2) is 0 Å². The summed E-state index contributed by atoms with van der Waals surface area (Å²) in [4.78, 5) is 1.11. The molecule has 0 rings (SSSR count). The first-order valence-electron chi connectivity index (χ1n) is 3.50. The van der Waals surface area contributed by atoms with Crippen LogP contribution in [0.3, 0.4) is 0 Å². The average molecular weight is 180 g/mol. The van der Waals surface area contributed by atoms with Crippen LogP contribution in [0.15, 0.2) is 0 Å². The van der Waals surface area contributed by atoms with Gasteiger partial charge in [-0.2, -0.15) is 18.4 Å². The first-order chi connectivity index (χ1) is 5.37. The molecule has 12 heavy (non-hydrogen) atoms. The molecule has 1 unspecified atom stereocenters. The normalized spacial score (nSPS) is 14.4. The molecule has 0 saturated heterocycles. The van der Waals surface area contributed by atoms with Crippen molar-refractivity contribution in [3.05, 3.63) is 0 Å². The maximum atomic E-state index is 11.8. The predicted molar refractivity (Wildman–Crippen MR) is 38.4 cm³/mol. The number of hydrogen-bond donors (Lipinski definition) is 0. The van der Waals surface area contributed by atoms with Crippen molar-refractivity contribution in [1.29, 1.82) is 5.26 Å². The van der Waals surface area contributed by atoms with Gasteiger partial charge in [0.05, 0.1) is 19.0 Å². The Balaban J connectivity index is 3.88. The van der Waals surface area contributed by atoms with Crippen LogP contribution in [-0.4, -0.2) is 30.7 Å². The molecule has 5 heteroatoms. The molecule has 0 radical (unpaired) electrons. The quantitative estimate of drug-likeness (QED) is 0.662. The Hall–Kier alpha value is -0.760. The minimum absolute atomic E-state index is 0.118. The van der Waals surface area contributed by atoms with E-state index in [4.69, 9.17) is 5.26 Å². The molecular formula is C7H11F3N2. The van der Waals surface area contributed by atoms with Crippen molar-refractivity contribution in [3.8, 4) is 6.07 Å². The lowest BCUT2D eigenvalue weighted by Gasteiger charge is -2.23. The third kappa shape index (κ3) is 4.97. The van der Waals surface area contributed by atoms with E-state index in [2.05, 4.69) is 0 Å². The highest BCUT2D eigenvalue weighted by molar-refractivity contribution is 4.79. The second kappa shape index (κ2) is 4.31. The van der Waals surface area contributed by atoms with Crippen LogP contribution < -0.4 is 0 Å². The smallest absolute Gasteiger partial charge is 0.294 e. The molecule has 0 bridgehead atoms. The van der Waals surface area contributed by atoms with Gasteiger partial charge in [-0.15, -0.1) is 0 Å². The first-order valence-corrected chi connectivity index (χ1v) is 3.50. The van der Waals surface area contributed by atoms with Gasteiger partial charge in [-0.3, -0.25) is 4.90 Å². The van der Waals surface area contributed by atoms with Crippen molar-refractivity contribution < 1.29 is 13.2 Å². The van der Waals surface area contributed by atoms with Gasteiger partial charge in [-0.1, -0.05) is 0 Å². The second-order valence-electron chi connectivity index (χ2n) is 2.74. The second-order valence-corrected chi connectivity index (χ2v) is 2.74. The Bertz CT molecular complexity index is 170. The van der Waals surface area contributed by atoms with Crippen LogP contribution in [0, 0.1) is 11.3 Å². The molecule has 0 aromatic heterocycles. The summed E-state index contributed by atoms with van der Waals surface area (Å²) in [6.07, 6.45) is -4.06. The molecule has 0 fully saturated rings. The van der Waals surface area contributed by atoms with Crippen LogP contribution in [0.4, 0.5) is 13.2 Å². The Labute approximate surface area is 69.6 Å². The number of nitriles is 1. The number of halogens is 3. The van der Waals surface area contributed by atoms with Gasteiger partial charge in [0, 0.05) is 6.04 Å². The number of alkyl halides is 3. The molecular weight excluding hydrogens is 169 g/mol. The number of hydrogen-bond acceptors (Lipinski definition) is 2. The maximum absolute atomic E-state index is 11.8. The minimum atomic E-state index is -4.18. The van der Waals surface area contributed by atoms with Gasteiger partial charge in [-0.25, -0.2) is 0 Å². The van der Waals surface area contributed by atoms with Gasteiger partial charge in [0.2, 0.25) is 0 Å². The van der Waals surface area contributed by atoms with E-state index in [9.17, 15) is 13.2 Å². The lowest BCUT2D eigenvalue weighted by molar-refractivity contribution is -0.146. The van der Waals surface area contributed by atoms with Gasteiger partial charge in [0.25, 0.3) is 0 Å². The third-order valence-corrected chi connectivity index (χ3v) is 1.57. The zero-order valence-corrected chi connectivity index (χ0v) is 7.02. The molecule has 0 spiro atoms. The van der Waals surface area contributed by atoms with Crippen LogP contribution >= 0.6 is 0 Å². The molecule has 0 aromatic rings. The Morgan fingerprint density at radius 1 is 1.50 bits per heavy atom. The molecule has 0 N–H and O–H groups in total. The van der Waals surface area contributed by atoms with Crippen LogP contribution in [-0.2, 0) is 0 Å². The fraction of sp³-hybridized carbons (Fsp3) is 0.857. The minimum Gasteiger partial charge on any atom is -0.294 e. The zero-order chi connectivity index (χ0) is 9.78. The van der Waals surface area contributed by atoms with Crippen LogP contribution in [0.1, 0.15) is 13.3 Å². The molecule has 0 aliphatic rings. The lowest BCUT2D eigenvalue weighted by Crippen LogP contribution is -2.37. The van der Waals surface area contributed by atoms with Gasteiger partial charge in [-0.05, 0) is 14.0 Å². The molecule has 0 aliphatic carbocycles. The monoisotopic (exact) mass is 180 g/mol. The van der Waals surface area contributed by atoms with Crippen LogP contribution in [0.2, 0.25) is 0 Å². The van der Waals surface area contributed by atoms with Crippen molar-refractivity contribution in [2.45, 2.75) is 25.6 Å². The fourth-order valence-electron chi connectivity index (χ4n) is 0.727. The summed E-state index contributed by atoms with van der Waals surface area (Å²) in [6, 6.07) is 1.47. The predicted octanol–water partition coefficient (Wildman–Crippen LogP) is 1.78. The highest BCUT2D eigenvalue weighted by atomic mass is 19.4. The van der Waals surface area contributed by atoms with Crippen molar-refractivity contribution >= 4 is 0 Å². The summed E-state index contributed by atoms with van der Waals surface area (Å²) in [5.74, 6) is 0. The summed E-state index contributed by atoms with van der Waals surface area (Å²) < 4.78 is 35.3. The fourth-order valence-corrected chi connectivity index (χ4v) is 0.727. The Morgan fingerprint density at radius 3 is 2.33 bits per heavy atom. The summed E-state index contributed by atoms with van der Waals surface area (Å²) in [5.41, 5.74) is 0. The van der Waals surface area contributed by atoms with E-state index in [1.165, 1.54) is 7.05 Å². The molecule has 0 aromatic carbocycles. The SMILES string of the molecule is CC(CC#N)N(C)CC(F)(F)F. The van der Waals surface area contributed by atoms with Crippen molar-refractivity contribution in [2.75, 3.05) is 13.6 Å². The standard InChI is InChI=1S/C7H11F3N2/c1-6(3-4-11)12(2)5-7(8,9)10/h6H,3,5H2,1-2H3. The van der Waals surface area contributed by atoms with Crippen molar-refractivity contribution in [3.63, 3.8) is 0 Å². The molecule has 0 heterocycles. The van der Waals surface area contributed by atoms with E-state index in [0.29, 0.717) is 0 Å². The van der Waals surface area contributed by atoms with E-state index < -0.39 is 12.7 Å². The van der Waals surface area contributed by atoms with E-state index >= 15 is 0 Å².